The maximum absolute atomic E-state index is 13.4. The van der Waals surface area contributed by atoms with Gasteiger partial charge in [-0.05, 0) is 124 Å². The number of hydrogen-bond acceptors (Lipinski definition) is 12. The Hall–Kier alpha value is -7.84. The second-order valence-electron chi connectivity index (χ2n) is 19.0. The summed E-state index contributed by atoms with van der Waals surface area (Å²) in [6.07, 6.45) is 0.156. The molecule has 76 heavy (non-hydrogen) atoms. The number of benzene rings is 4. The van der Waals surface area contributed by atoms with E-state index in [-0.39, 0.29) is 30.6 Å². The van der Waals surface area contributed by atoms with E-state index in [0.717, 1.165) is 83.1 Å². The number of aromatic nitrogens is 6. The van der Waals surface area contributed by atoms with Crippen LogP contribution in [0.15, 0.2) is 94.9 Å². The smallest absolute Gasteiger partial charge is 0.315 e. The summed E-state index contributed by atoms with van der Waals surface area (Å²) < 4.78 is 4.05. The molecular formula is C55H49Cl2N13O4S2. The van der Waals surface area contributed by atoms with Gasteiger partial charge >= 0.3 is 6.03 Å². The molecule has 0 bridgehead atoms. The van der Waals surface area contributed by atoms with Gasteiger partial charge in [-0.2, -0.15) is 0 Å². The number of nitrogens with two attached hydrogens (primary N) is 1. The van der Waals surface area contributed by atoms with Crippen molar-refractivity contribution in [2.45, 2.75) is 86.1 Å². The van der Waals surface area contributed by atoms with Gasteiger partial charge in [0.1, 0.15) is 33.7 Å². The van der Waals surface area contributed by atoms with Gasteiger partial charge in [0.15, 0.2) is 11.6 Å². The maximum Gasteiger partial charge on any atom is 0.315 e. The van der Waals surface area contributed by atoms with Crippen molar-refractivity contribution < 1.29 is 19.2 Å². The Balaban J connectivity index is 0.000000162. The number of carbonyl (C=O) groups excluding carboxylic acids is 4. The molecule has 384 valence electrons. The predicted octanol–water partition coefficient (Wildman–Crippen LogP) is 10.3. The quantitative estimate of drug-likeness (QED) is 0.114. The lowest BCUT2D eigenvalue weighted by atomic mass is 9.99. The van der Waals surface area contributed by atoms with Gasteiger partial charge in [0.25, 0.3) is 5.91 Å². The average Bonchev–Trinajstić information content (AvgIpc) is 4.27. The number of urea groups is 1. The molecule has 4 aromatic heterocycles. The number of nitrogens with one attached hydrogen (secondary N) is 3. The van der Waals surface area contributed by atoms with Crippen LogP contribution in [-0.4, -0.2) is 69.6 Å². The van der Waals surface area contributed by atoms with E-state index in [1.807, 2.05) is 95.8 Å². The number of thiophene rings is 2. The third-order valence-electron chi connectivity index (χ3n) is 14.1. The van der Waals surface area contributed by atoms with Crippen LogP contribution >= 0.6 is 45.9 Å². The second-order valence-corrected chi connectivity index (χ2v) is 22.3. The summed E-state index contributed by atoms with van der Waals surface area (Å²) in [5, 5.41) is 29.7. The van der Waals surface area contributed by atoms with Crippen molar-refractivity contribution in [2.24, 2.45) is 15.7 Å². The highest BCUT2D eigenvalue weighted by atomic mass is 35.5. The number of rotatable bonds is 8. The van der Waals surface area contributed by atoms with E-state index in [9.17, 15) is 19.2 Å². The largest absolute Gasteiger partial charge is 0.351 e. The summed E-state index contributed by atoms with van der Waals surface area (Å²) in [4.78, 5) is 64.3. The molecule has 5 amide bonds. The Morgan fingerprint density at radius 1 is 0.632 bits per heavy atom. The van der Waals surface area contributed by atoms with Gasteiger partial charge in [0.05, 0.1) is 24.3 Å². The van der Waals surface area contributed by atoms with Crippen molar-refractivity contribution in [3.8, 4) is 10.0 Å². The molecule has 0 unspecified atom stereocenters. The van der Waals surface area contributed by atoms with Crippen LogP contribution in [0.1, 0.15) is 118 Å². The molecule has 12 rings (SSSR count). The second kappa shape index (κ2) is 20.0. The first kappa shape index (κ1) is 50.3. The lowest BCUT2D eigenvalue weighted by Crippen LogP contribution is -2.30. The third kappa shape index (κ3) is 9.37. The van der Waals surface area contributed by atoms with Crippen molar-refractivity contribution in [3.63, 3.8) is 0 Å². The molecule has 0 radical (unpaired) electrons. The maximum atomic E-state index is 13.4. The Labute approximate surface area is 454 Å². The van der Waals surface area contributed by atoms with Crippen LogP contribution in [0.3, 0.4) is 0 Å². The fraction of sp³-hybridized carbons (Fsp3) is 0.236. The molecule has 0 spiro atoms. The first-order chi connectivity index (χ1) is 36.5. The molecule has 0 aliphatic carbocycles. The van der Waals surface area contributed by atoms with E-state index in [2.05, 4.69) is 64.0 Å². The summed E-state index contributed by atoms with van der Waals surface area (Å²) in [5.41, 5.74) is 18.0. The first-order valence-corrected chi connectivity index (χ1v) is 26.8. The van der Waals surface area contributed by atoms with Gasteiger partial charge in [-0.15, -0.1) is 43.1 Å². The molecular weight excluding hydrogens is 1040 g/mol. The van der Waals surface area contributed by atoms with Crippen molar-refractivity contribution in [1.82, 2.24) is 39.7 Å². The number of nitrogens with zero attached hydrogens (tertiary/aromatic N) is 9. The minimum Gasteiger partial charge on any atom is -0.351 e. The van der Waals surface area contributed by atoms with Crippen LogP contribution < -0.4 is 21.7 Å². The summed E-state index contributed by atoms with van der Waals surface area (Å²) >= 11 is 15.7. The normalized spacial score (nSPS) is 15.8. The molecule has 0 fully saturated rings. The molecule has 17 nitrogen and oxygen atoms in total. The molecule has 0 saturated carbocycles. The van der Waals surface area contributed by atoms with E-state index in [4.69, 9.17) is 38.9 Å². The number of primary amides is 1. The summed E-state index contributed by atoms with van der Waals surface area (Å²) in [7, 11) is 0. The number of hydrogen-bond donors (Lipinski definition) is 4. The average molecular weight is 1090 g/mol. The van der Waals surface area contributed by atoms with Crippen molar-refractivity contribution >= 4 is 92.4 Å². The highest BCUT2D eigenvalue weighted by molar-refractivity contribution is 7.15. The summed E-state index contributed by atoms with van der Waals surface area (Å²) in [5.74, 6) is 2.24. The van der Waals surface area contributed by atoms with Gasteiger partial charge < -0.3 is 26.6 Å². The number of halogens is 2. The molecule has 0 saturated heterocycles. The number of aryl methyl sites for hydroxylation is 4. The van der Waals surface area contributed by atoms with Gasteiger partial charge in [-0.1, -0.05) is 53.5 Å². The standard InChI is InChI=1S/C28H26ClN7O2S.C27H23ClN6O2S/c1-14-15(2)39-27-24(14)25(17-4-7-20(29)8-5-17)32-22(26-34-33-16(3)36(26)27)11-23(37)31-21-9-6-18-12-35(28(30)38)13-19(18)10-21;1-13-14(2)37-27-23(13)24(16-4-6-18(28)7-5-16)31-21(25-33-32-15(3)34(25)27)11-22(35)30-19-8-9-20-17(10-19)12-29-26(20)36/h4-10,22H,11-13H2,1-3H3,(H2,30,38)(H,31,37);4-10,21H,11-12H2,1-3H3,(H,29,36)(H,30,35)/t22-;21-/m00/s1. The molecule has 4 aromatic carbocycles. The van der Waals surface area contributed by atoms with Gasteiger partial charge in [0.2, 0.25) is 11.8 Å². The van der Waals surface area contributed by atoms with E-state index in [1.165, 1.54) is 9.75 Å². The van der Waals surface area contributed by atoms with Crippen LogP contribution in [-0.2, 0) is 29.2 Å². The molecule has 4 aliphatic heterocycles. The van der Waals surface area contributed by atoms with Crippen molar-refractivity contribution in [1.29, 1.82) is 0 Å². The fourth-order valence-electron chi connectivity index (χ4n) is 9.98. The Morgan fingerprint density at radius 2 is 1.09 bits per heavy atom. The summed E-state index contributed by atoms with van der Waals surface area (Å²) in [6, 6.07) is 24.6. The van der Waals surface area contributed by atoms with Gasteiger partial charge in [-0.25, -0.2) is 4.79 Å². The van der Waals surface area contributed by atoms with Gasteiger partial charge in [0, 0.05) is 78.6 Å². The van der Waals surface area contributed by atoms with E-state index >= 15 is 0 Å². The topological polar surface area (TPSA) is 220 Å². The highest BCUT2D eigenvalue weighted by Gasteiger charge is 2.35. The van der Waals surface area contributed by atoms with Crippen molar-refractivity contribution in [2.75, 3.05) is 10.6 Å². The number of aliphatic imine (C=N–C) groups is 2. The van der Waals surface area contributed by atoms with E-state index in [1.54, 1.807) is 39.7 Å². The van der Waals surface area contributed by atoms with Crippen LogP contribution in [0.4, 0.5) is 16.2 Å². The minimum atomic E-state index is -0.559. The van der Waals surface area contributed by atoms with Crippen LogP contribution in [0.5, 0.6) is 0 Å². The number of carbonyl (C=O) groups is 4. The van der Waals surface area contributed by atoms with E-state index in [0.29, 0.717) is 58.3 Å². The third-order valence-corrected chi connectivity index (χ3v) is 17.0. The highest BCUT2D eigenvalue weighted by Crippen LogP contribution is 2.42. The van der Waals surface area contributed by atoms with Crippen LogP contribution in [0.2, 0.25) is 10.0 Å². The monoisotopic (exact) mass is 1090 g/mol. The Bertz CT molecular complexity index is 3780. The molecule has 21 heteroatoms. The molecule has 4 aliphatic rings. The molecule has 8 heterocycles. The van der Waals surface area contributed by atoms with Gasteiger partial charge in [-0.3, -0.25) is 33.5 Å². The zero-order valence-electron chi connectivity index (χ0n) is 42.1. The lowest BCUT2D eigenvalue weighted by Gasteiger charge is -2.13. The van der Waals surface area contributed by atoms with Crippen LogP contribution in [0.25, 0.3) is 10.0 Å². The predicted molar refractivity (Wildman–Crippen MR) is 296 cm³/mol. The zero-order chi connectivity index (χ0) is 53.3. The Kier molecular flexibility index (Phi) is 13.3. The van der Waals surface area contributed by atoms with Crippen molar-refractivity contribution in [3.05, 3.63) is 184 Å². The van der Waals surface area contributed by atoms with E-state index < -0.39 is 18.1 Å². The zero-order valence-corrected chi connectivity index (χ0v) is 45.2. The molecule has 5 N–H and O–H groups in total. The molecule has 8 aromatic rings. The number of amides is 5. The minimum absolute atomic E-state index is 0.0761. The number of anilines is 2. The Morgan fingerprint density at radius 3 is 1.58 bits per heavy atom. The van der Waals surface area contributed by atoms with Crippen LogP contribution in [0, 0.1) is 41.5 Å². The fourth-order valence-corrected chi connectivity index (χ4v) is 12.7. The lowest BCUT2D eigenvalue weighted by molar-refractivity contribution is -0.117. The summed E-state index contributed by atoms with van der Waals surface area (Å²) in [6.45, 7) is 13.6. The first-order valence-electron chi connectivity index (χ1n) is 24.4. The molecule has 2 atom stereocenters. The number of fused-ring (bicyclic) bond motifs is 8. The SMILES string of the molecule is Cc1sc2c(c1C)C(c1ccc(Cl)cc1)=N[C@@H](CC(=O)Nc1ccc3c(c1)CN(C(N)=O)C3)c1nnc(C)n1-2.Cc1sc2c(c1C)C(c1ccc(Cl)cc1)=N[C@@H](CC(=O)Nc1ccc3c(c1)CNC3=O)c1nnc(C)n1-2.